The first kappa shape index (κ1) is 19.4. The second kappa shape index (κ2) is 8.94. The highest BCUT2D eigenvalue weighted by molar-refractivity contribution is 7.89. The minimum absolute atomic E-state index is 0.0166. The van der Waals surface area contributed by atoms with Crippen molar-refractivity contribution in [2.24, 2.45) is 0 Å². The van der Waals surface area contributed by atoms with Gasteiger partial charge in [-0.2, -0.15) is 0 Å². The van der Waals surface area contributed by atoms with Gasteiger partial charge in [-0.15, -0.1) is 0 Å². The van der Waals surface area contributed by atoms with Crippen molar-refractivity contribution in [3.63, 3.8) is 0 Å². The first-order valence-electron chi connectivity index (χ1n) is 7.64. The van der Waals surface area contributed by atoms with Gasteiger partial charge in [0.05, 0.1) is 4.90 Å². The Balaban J connectivity index is 1.72. The molecule has 0 aliphatic rings. The summed E-state index contributed by atoms with van der Waals surface area (Å²) in [6, 6.07) is 11.7. The molecule has 0 atom stereocenters. The Morgan fingerprint density at radius 2 is 1.76 bits per heavy atom. The van der Waals surface area contributed by atoms with Gasteiger partial charge in [-0.1, -0.05) is 29.8 Å². The molecule has 0 unspecified atom stereocenters. The number of carbonyl (C=O) groups excluding carboxylic acids is 1. The first-order chi connectivity index (χ1) is 11.9. The zero-order valence-corrected chi connectivity index (χ0v) is 14.9. The Hall–Kier alpha value is -1.96. The van der Waals surface area contributed by atoms with E-state index in [0.717, 1.165) is 17.7 Å². The molecule has 0 spiro atoms. The van der Waals surface area contributed by atoms with Gasteiger partial charge in [-0.05, 0) is 42.3 Å². The molecule has 134 valence electrons. The minimum Gasteiger partial charge on any atom is -0.352 e. The number of rotatable bonds is 8. The van der Waals surface area contributed by atoms with Crippen molar-refractivity contribution in [1.29, 1.82) is 0 Å². The predicted octanol–water partition coefficient (Wildman–Crippen LogP) is 2.85. The smallest absolute Gasteiger partial charge is 0.240 e. The Morgan fingerprint density at radius 3 is 2.44 bits per heavy atom. The molecule has 0 bridgehead atoms. The summed E-state index contributed by atoms with van der Waals surface area (Å²) in [4.78, 5) is 11.8. The number of hydrogen-bond donors (Lipinski definition) is 2. The molecule has 8 heteroatoms. The van der Waals surface area contributed by atoms with Gasteiger partial charge >= 0.3 is 0 Å². The highest BCUT2D eigenvalue weighted by Crippen LogP contribution is 2.14. The summed E-state index contributed by atoms with van der Waals surface area (Å²) in [5.41, 5.74) is 0.814. The van der Waals surface area contributed by atoms with E-state index in [1.807, 2.05) is 12.1 Å². The fraction of sp³-hybridized carbons (Fsp3) is 0.235. The maximum atomic E-state index is 12.8. The average Bonchev–Trinajstić information content (AvgIpc) is 2.58. The zero-order chi connectivity index (χ0) is 18.3. The van der Waals surface area contributed by atoms with Crippen LogP contribution in [0.1, 0.15) is 18.4 Å². The topological polar surface area (TPSA) is 75.3 Å². The molecule has 0 saturated carbocycles. The molecule has 0 radical (unpaired) electrons. The molecule has 0 fully saturated rings. The van der Waals surface area contributed by atoms with E-state index < -0.39 is 15.8 Å². The molecule has 0 aromatic heterocycles. The number of carbonyl (C=O) groups is 1. The van der Waals surface area contributed by atoms with Gasteiger partial charge in [-0.25, -0.2) is 17.5 Å². The number of nitrogens with one attached hydrogen (secondary N) is 2. The van der Waals surface area contributed by atoms with Gasteiger partial charge in [0.15, 0.2) is 0 Å². The second-order valence-corrected chi connectivity index (χ2v) is 7.50. The minimum atomic E-state index is -3.70. The molecule has 2 aromatic carbocycles. The molecule has 25 heavy (non-hydrogen) atoms. The summed E-state index contributed by atoms with van der Waals surface area (Å²) in [5, 5.41) is 3.31. The summed E-state index contributed by atoms with van der Waals surface area (Å²) in [6.45, 7) is 0.430. The van der Waals surface area contributed by atoms with Crippen molar-refractivity contribution >= 4 is 27.5 Å². The lowest BCUT2D eigenvalue weighted by molar-refractivity contribution is -0.121. The van der Waals surface area contributed by atoms with Crippen LogP contribution in [-0.4, -0.2) is 20.9 Å². The van der Waals surface area contributed by atoms with Crippen LogP contribution in [0.5, 0.6) is 0 Å². The average molecular weight is 385 g/mol. The van der Waals surface area contributed by atoms with Crippen LogP contribution >= 0.6 is 11.6 Å². The molecule has 1 amide bonds. The molecule has 0 heterocycles. The van der Waals surface area contributed by atoms with Crippen molar-refractivity contribution in [2.45, 2.75) is 24.3 Å². The quantitative estimate of drug-likeness (QED) is 0.687. The van der Waals surface area contributed by atoms with Gasteiger partial charge in [0.1, 0.15) is 5.82 Å². The third kappa shape index (κ3) is 6.12. The van der Waals surface area contributed by atoms with Crippen molar-refractivity contribution in [3.8, 4) is 0 Å². The Morgan fingerprint density at radius 1 is 1.08 bits per heavy atom. The van der Waals surface area contributed by atoms with Gasteiger partial charge in [0, 0.05) is 24.5 Å². The van der Waals surface area contributed by atoms with Gasteiger partial charge < -0.3 is 5.32 Å². The number of amides is 1. The summed E-state index contributed by atoms with van der Waals surface area (Å²) in [7, 11) is -3.70. The second-order valence-electron chi connectivity index (χ2n) is 5.32. The fourth-order valence-corrected chi connectivity index (χ4v) is 3.35. The highest BCUT2D eigenvalue weighted by Gasteiger charge is 2.13. The normalized spacial score (nSPS) is 11.3. The standard InChI is InChI=1S/C17H18ClFN2O3S/c18-16-5-2-1-4-13(16)12-20-17(22)6-3-11-21-25(23,24)15-9-7-14(19)8-10-15/h1-2,4-5,7-10,21H,3,6,11-12H2,(H,20,22). The lowest BCUT2D eigenvalue weighted by Gasteiger charge is -2.08. The van der Waals surface area contributed by atoms with Crippen LogP contribution in [0, 0.1) is 5.82 Å². The third-order valence-electron chi connectivity index (χ3n) is 3.43. The Labute approximate surface area is 151 Å². The maximum Gasteiger partial charge on any atom is 0.240 e. The molecule has 0 aliphatic carbocycles. The molecule has 2 rings (SSSR count). The lowest BCUT2D eigenvalue weighted by Crippen LogP contribution is -2.27. The zero-order valence-electron chi connectivity index (χ0n) is 13.3. The number of hydrogen-bond acceptors (Lipinski definition) is 3. The van der Waals surface area contributed by atoms with Crippen molar-refractivity contribution < 1.29 is 17.6 Å². The lowest BCUT2D eigenvalue weighted by atomic mass is 10.2. The summed E-state index contributed by atoms with van der Waals surface area (Å²) in [6.07, 6.45) is 0.519. The number of benzene rings is 2. The number of halogens is 2. The van der Waals surface area contributed by atoms with E-state index in [2.05, 4.69) is 10.0 Å². The van der Waals surface area contributed by atoms with E-state index >= 15 is 0 Å². The van der Waals surface area contributed by atoms with Gasteiger partial charge in [0.2, 0.25) is 15.9 Å². The van der Waals surface area contributed by atoms with Crippen molar-refractivity contribution in [1.82, 2.24) is 10.0 Å². The van der Waals surface area contributed by atoms with Crippen LogP contribution in [0.25, 0.3) is 0 Å². The van der Waals surface area contributed by atoms with E-state index in [1.165, 1.54) is 12.1 Å². The van der Waals surface area contributed by atoms with E-state index in [-0.39, 0.29) is 23.8 Å². The van der Waals surface area contributed by atoms with Crippen molar-refractivity contribution in [3.05, 3.63) is 64.9 Å². The summed E-state index contributed by atoms with van der Waals surface area (Å²) >= 11 is 6.00. The van der Waals surface area contributed by atoms with Gasteiger partial charge in [-0.3, -0.25) is 4.79 Å². The molecule has 5 nitrogen and oxygen atoms in total. The Bertz CT molecular complexity index is 826. The highest BCUT2D eigenvalue weighted by atomic mass is 35.5. The molecule has 2 N–H and O–H groups in total. The first-order valence-corrected chi connectivity index (χ1v) is 9.50. The predicted molar refractivity (Wildman–Crippen MR) is 94.1 cm³/mol. The summed E-state index contributed by atoms with van der Waals surface area (Å²) < 4.78 is 39.2. The molecular weight excluding hydrogens is 367 g/mol. The van der Waals surface area contributed by atoms with E-state index in [9.17, 15) is 17.6 Å². The maximum absolute atomic E-state index is 12.8. The van der Waals surface area contributed by atoms with Crippen LogP contribution in [0.2, 0.25) is 5.02 Å². The molecular formula is C17H18ClFN2O3S. The summed E-state index contributed by atoms with van der Waals surface area (Å²) in [5.74, 6) is -0.699. The van der Waals surface area contributed by atoms with Gasteiger partial charge in [0.25, 0.3) is 0 Å². The van der Waals surface area contributed by atoms with E-state index in [1.54, 1.807) is 12.1 Å². The van der Waals surface area contributed by atoms with Crippen LogP contribution in [0.4, 0.5) is 4.39 Å². The fourth-order valence-electron chi connectivity index (χ4n) is 2.08. The van der Waals surface area contributed by atoms with Crippen molar-refractivity contribution in [2.75, 3.05) is 6.54 Å². The molecule has 0 saturated heterocycles. The monoisotopic (exact) mass is 384 g/mol. The SMILES string of the molecule is O=C(CCCNS(=O)(=O)c1ccc(F)cc1)NCc1ccccc1Cl. The van der Waals surface area contributed by atoms with Crippen LogP contribution in [-0.2, 0) is 21.4 Å². The largest absolute Gasteiger partial charge is 0.352 e. The van der Waals surface area contributed by atoms with Crippen LogP contribution in [0.3, 0.4) is 0 Å². The Kier molecular flexibility index (Phi) is 6.92. The number of sulfonamides is 1. The van der Waals surface area contributed by atoms with Crippen LogP contribution in [0.15, 0.2) is 53.4 Å². The molecule has 0 aliphatic heterocycles. The molecule has 2 aromatic rings. The van der Waals surface area contributed by atoms with E-state index in [0.29, 0.717) is 18.0 Å². The van der Waals surface area contributed by atoms with Crippen LogP contribution < -0.4 is 10.0 Å². The van der Waals surface area contributed by atoms with E-state index in [4.69, 9.17) is 11.6 Å². The third-order valence-corrected chi connectivity index (χ3v) is 5.28.